The molecule has 0 aromatic rings. The van der Waals surface area contributed by atoms with Crippen molar-refractivity contribution in [3.05, 3.63) is 0 Å². The van der Waals surface area contributed by atoms with Crippen molar-refractivity contribution in [1.82, 2.24) is 10.2 Å². The Balaban J connectivity index is 1.46. The van der Waals surface area contributed by atoms with Gasteiger partial charge < -0.3 is 15.3 Å². The molecular weight excluding hydrogens is 264 g/mol. The van der Waals surface area contributed by atoms with Crippen LogP contribution in [0.15, 0.2) is 0 Å². The fourth-order valence-electron chi connectivity index (χ4n) is 4.23. The van der Waals surface area contributed by atoms with Crippen molar-refractivity contribution in [3.63, 3.8) is 0 Å². The Morgan fingerprint density at radius 2 is 1.90 bits per heavy atom. The molecule has 4 nitrogen and oxygen atoms in total. The van der Waals surface area contributed by atoms with Crippen molar-refractivity contribution in [2.45, 2.75) is 58.3 Å². The summed E-state index contributed by atoms with van der Waals surface area (Å²) in [5, 5.41) is 12.8. The molecule has 1 heterocycles. The van der Waals surface area contributed by atoms with Crippen LogP contribution in [0.5, 0.6) is 0 Å². The van der Waals surface area contributed by atoms with Crippen LogP contribution >= 0.6 is 0 Å². The number of hydrogen-bond acceptors (Lipinski definition) is 2. The number of amides is 2. The van der Waals surface area contributed by atoms with E-state index in [0.717, 1.165) is 44.8 Å². The van der Waals surface area contributed by atoms with Crippen molar-refractivity contribution in [1.29, 1.82) is 0 Å². The smallest absolute Gasteiger partial charge is 0.317 e. The van der Waals surface area contributed by atoms with Crippen molar-refractivity contribution < 1.29 is 9.90 Å². The van der Waals surface area contributed by atoms with Crippen molar-refractivity contribution in [3.8, 4) is 0 Å². The second-order valence-electron chi connectivity index (χ2n) is 7.65. The summed E-state index contributed by atoms with van der Waals surface area (Å²) in [5.41, 5.74) is 0.504. The van der Waals surface area contributed by atoms with E-state index in [9.17, 15) is 9.90 Å². The van der Waals surface area contributed by atoms with Crippen LogP contribution in [0.25, 0.3) is 0 Å². The largest absolute Gasteiger partial charge is 0.396 e. The summed E-state index contributed by atoms with van der Waals surface area (Å²) in [6, 6.07) is 0.115. The third kappa shape index (κ3) is 2.92. The lowest BCUT2D eigenvalue weighted by molar-refractivity contribution is 0.0491. The van der Waals surface area contributed by atoms with Gasteiger partial charge in [0.2, 0.25) is 0 Å². The summed E-state index contributed by atoms with van der Waals surface area (Å²) in [6.07, 6.45) is 9.56. The molecule has 3 aliphatic rings. The second-order valence-corrected chi connectivity index (χ2v) is 7.65. The molecule has 0 spiro atoms. The number of piperidine rings is 1. The van der Waals surface area contributed by atoms with Gasteiger partial charge >= 0.3 is 6.03 Å². The molecule has 0 atom stereocenters. The fraction of sp³-hybridized carbons (Fsp3) is 0.941. The maximum absolute atomic E-state index is 12.4. The monoisotopic (exact) mass is 294 g/mol. The highest BCUT2D eigenvalue weighted by molar-refractivity contribution is 5.74. The number of aliphatic hydroxyl groups is 1. The average Bonchev–Trinajstić information content (AvgIpc) is 3.31. The molecule has 3 rings (SSSR count). The molecule has 2 aliphatic carbocycles. The van der Waals surface area contributed by atoms with Gasteiger partial charge in [-0.25, -0.2) is 4.79 Å². The Hall–Kier alpha value is -0.770. The van der Waals surface area contributed by atoms with Gasteiger partial charge in [0.05, 0.1) is 0 Å². The van der Waals surface area contributed by atoms with Gasteiger partial charge in [-0.1, -0.05) is 13.3 Å². The zero-order chi connectivity index (χ0) is 14.9. The quantitative estimate of drug-likeness (QED) is 0.819. The van der Waals surface area contributed by atoms with Gasteiger partial charge in [-0.2, -0.15) is 0 Å². The molecule has 2 saturated carbocycles. The van der Waals surface area contributed by atoms with E-state index in [1.54, 1.807) is 0 Å². The van der Waals surface area contributed by atoms with Gasteiger partial charge in [0.1, 0.15) is 0 Å². The van der Waals surface area contributed by atoms with Crippen molar-refractivity contribution in [2.24, 2.45) is 16.7 Å². The molecule has 0 bridgehead atoms. The number of nitrogens with zero attached hydrogens (tertiary/aromatic N) is 1. The first-order chi connectivity index (χ1) is 10.1. The maximum atomic E-state index is 12.4. The van der Waals surface area contributed by atoms with Gasteiger partial charge in [-0.3, -0.25) is 0 Å². The van der Waals surface area contributed by atoms with E-state index >= 15 is 0 Å². The minimum atomic E-state index is 0.0555. The maximum Gasteiger partial charge on any atom is 0.317 e. The summed E-state index contributed by atoms with van der Waals surface area (Å²) in [6.45, 7) is 4.85. The first-order valence-electron chi connectivity index (χ1n) is 8.77. The molecule has 4 heteroatoms. The highest BCUT2D eigenvalue weighted by Gasteiger charge is 2.49. The minimum absolute atomic E-state index is 0.0555. The molecule has 2 N–H and O–H groups in total. The number of nitrogens with one attached hydrogen (secondary N) is 1. The Morgan fingerprint density at radius 3 is 2.33 bits per heavy atom. The topological polar surface area (TPSA) is 52.6 Å². The lowest BCUT2D eigenvalue weighted by Gasteiger charge is -2.44. The lowest BCUT2D eigenvalue weighted by atomic mass is 9.65. The Kier molecular flexibility index (Phi) is 4.17. The van der Waals surface area contributed by atoms with Crippen LogP contribution in [-0.4, -0.2) is 42.3 Å². The van der Waals surface area contributed by atoms with Crippen molar-refractivity contribution in [2.75, 3.05) is 26.2 Å². The molecule has 2 amide bonds. The molecule has 1 saturated heterocycles. The summed E-state index contributed by atoms with van der Waals surface area (Å²) >= 11 is 0. The summed E-state index contributed by atoms with van der Waals surface area (Å²) < 4.78 is 0. The lowest BCUT2D eigenvalue weighted by Crippen LogP contribution is -2.51. The number of aliphatic hydroxyl groups excluding tert-OH is 1. The molecule has 0 aromatic carbocycles. The van der Waals surface area contributed by atoms with E-state index in [1.165, 1.54) is 32.1 Å². The van der Waals surface area contributed by atoms with Crippen LogP contribution < -0.4 is 5.32 Å². The van der Waals surface area contributed by atoms with Gasteiger partial charge in [-0.05, 0) is 61.7 Å². The normalized spacial score (nSPS) is 27.0. The summed E-state index contributed by atoms with van der Waals surface area (Å²) in [7, 11) is 0. The number of urea groups is 1. The predicted molar refractivity (Wildman–Crippen MR) is 83.0 cm³/mol. The SMILES string of the molecule is CCC1(CO)CCN(C(=O)NCC2(C3CC3)CCC2)CC1. The highest BCUT2D eigenvalue weighted by Crippen LogP contribution is 2.56. The average molecular weight is 294 g/mol. The zero-order valence-electron chi connectivity index (χ0n) is 13.4. The van der Waals surface area contributed by atoms with Crippen LogP contribution in [-0.2, 0) is 0 Å². The van der Waals surface area contributed by atoms with E-state index in [4.69, 9.17) is 0 Å². The van der Waals surface area contributed by atoms with Crippen LogP contribution in [0, 0.1) is 16.7 Å². The van der Waals surface area contributed by atoms with E-state index in [1.807, 2.05) is 4.90 Å². The Bertz CT molecular complexity index is 374. The number of carbonyl (C=O) groups excluding carboxylic acids is 1. The fourth-order valence-corrected chi connectivity index (χ4v) is 4.23. The van der Waals surface area contributed by atoms with E-state index in [2.05, 4.69) is 12.2 Å². The van der Waals surface area contributed by atoms with Crippen LogP contribution in [0.2, 0.25) is 0 Å². The van der Waals surface area contributed by atoms with E-state index in [-0.39, 0.29) is 18.1 Å². The molecule has 0 radical (unpaired) electrons. The summed E-state index contributed by atoms with van der Waals surface area (Å²) in [5.74, 6) is 0.884. The molecule has 3 fully saturated rings. The molecule has 0 aromatic heterocycles. The Morgan fingerprint density at radius 1 is 1.24 bits per heavy atom. The molecule has 120 valence electrons. The molecular formula is C17H30N2O2. The standard InChI is InChI=1S/C17H30N2O2/c1-2-16(13-20)8-10-19(11-9-16)15(21)18-12-17(6-3-7-17)14-4-5-14/h14,20H,2-13H2,1H3,(H,18,21). The molecule has 1 aliphatic heterocycles. The van der Waals surface area contributed by atoms with Gasteiger partial charge in [0, 0.05) is 26.2 Å². The molecule has 21 heavy (non-hydrogen) atoms. The highest BCUT2D eigenvalue weighted by atomic mass is 16.3. The van der Waals surface area contributed by atoms with Crippen LogP contribution in [0.1, 0.15) is 58.3 Å². The van der Waals surface area contributed by atoms with Gasteiger partial charge in [0.15, 0.2) is 0 Å². The summed E-state index contributed by atoms with van der Waals surface area (Å²) in [4.78, 5) is 14.3. The molecule has 0 unspecified atom stereocenters. The number of rotatable bonds is 5. The third-order valence-electron chi connectivity index (χ3n) is 6.58. The first-order valence-corrected chi connectivity index (χ1v) is 8.77. The van der Waals surface area contributed by atoms with E-state index < -0.39 is 0 Å². The van der Waals surface area contributed by atoms with Crippen molar-refractivity contribution >= 4 is 6.03 Å². The Labute approximate surface area is 128 Å². The zero-order valence-corrected chi connectivity index (χ0v) is 13.4. The van der Waals surface area contributed by atoms with Crippen LogP contribution in [0.3, 0.4) is 0 Å². The third-order valence-corrected chi connectivity index (χ3v) is 6.58. The van der Waals surface area contributed by atoms with Crippen LogP contribution in [0.4, 0.5) is 4.79 Å². The second kappa shape index (κ2) is 5.79. The number of carbonyl (C=O) groups is 1. The number of likely N-dealkylation sites (tertiary alicyclic amines) is 1. The number of hydrogen-bond donors (Lipinski definition) is 2. The minimum Gasteiger partial charge on any atom is -0.396 e. The van der Waals surface area contributed by atoms with Gasteiger partial charge in [-0.15, -0.1) is 0 Å². The van der Waals surface area contributed by atoms with E-state index in [0.29, 0.717) is 5.41 Å². The first kappa shape index (κ1) is 15.1. The predicted octanol–water partition coefficient (Wildman–Crippen LogP) is 2.76. The van der Waals surface area contributed by atoms with Gasteiger partial charge in [0.25, 0.3) is 0 Å².